The Labute approximate surface area is 77.6 Å². The van der Waals surface area contributed by atoms with Crippen molar-refractivity contribution in [2.45, 2.75) is 44.2 Å². The SMILES string of the molecule is N#CCC(=O)NC1CCCCC1O. The van der Waals surface area contributed by atoms with E-state index in [1.165, 1.54) is 0 Å². The quantitative estimate of drug-likeness (QED) is 0.646. The van der Waals surface area contributed by atoms with Crippen LogP contribution in [0.1, 0.15) is 32.1 Å². The topological polar surface area (TPSA) is 73.1 Å². The van der Waals surface area contributed by atoms with Crippen LogP contribution in [0.3, 0.4) is 0 Å². The molecule has 1 fully saturated rings. The highest BCUT2D eigenvalue weighted by atomic mass is 16.3. The van der Waals surface area contributed by atoms with Crippen molar-refractivity contribution < 1.29 is 9.90 Å². The lowest BCUT2D eigenvalue weighted by atomic mass is 9.92. The van der Waals surface area contributed by atoms with Crippen molar-refractivity contribution in [3.05, 3.63) is 0 Å². The van der Waals surface area contributed by atoms with Crippen LogP contribution in [0.15, 0.2) is 0 Å². The number of hydrogen-bond donors (Lipinski definition) is 2. The smallest absolute Gasteiger partial charge is 0.234 e. The average Bonchev–Trinajstić information content (AvgIpc) is 2.09. The summed E-state index contributed by atoms with van der Waals surface area (Å²) >= 11 is 0. The van der Waals surface area contributed by atoms with Crippen molar-refractivity contribution in [2.24, 2.45) is 0 Å². The van der Waals surface area contributed by atoms with E-state index in [0.717, 1.165) is 25.7 Å². The van der Waals surface area contributed by atoms with Gasteiger partial charge in [-0.25, -0.2) is 0 Å². The summed E-state index contributed by atoms with van der Waals surface area (Å²) in [5.74, 6) is -0.284. The fraction of sp³-hybridized carbons (Fsp3) is 0.778. The number of nitriles is 1. The summed E-state index contributed by atoms with van der Waals surface area (Å²) in [6, 6.07) is 1.63. The summed E-state index contributed by atoms with van der Waals surface area (Å²) in [6.45, 7) is 0. The van der Waals surface area contributed by atoms with Crippen LogP contribution < -0.4 is 5.32 Å². The zero-order valence-corrected chi connectivity index (χ0v) is 7.49. The van der Waals surface area contributed by atoms with Crippen LogP contribution in [0.4, 0.5) is 0 Å². The molecule has 0 aromatic carbocycles. The predicted molar refractivity (Wildman–Crippen MR) is 46.6 cm³/mol. The van der Waals surface area contributed by atoms with Crippen LogP contribution in [-0.4, -0.2) is 23.2 Å². The van der Waals surface area contributed by atoms with Crippen LogP contribution in [0.25, 0.3) is 0 Å². The molecule has 0 spiro atoms. The average molecular weight is 182 g/mol. The minimum Gasteiger partial charge on any atom is -0.391 e. The second-order valence-corrected chi connectivity index (χ2v) is 3.36. The zero-order chi connectivity index (χ0) is 9.68. The van der Waals surface area contributed by atoms with E-state index >= 15 is 0 Å². The molecular formula is C9H14N2O2. The van der Waals surface area contributed by atoms with Gasteiger partial charge in [0.2, 0.25) is 5.91 Å². The first-order valence-electron chi connectivity index (χ1n) is 4.58. The molecule has 1 aliphatic rings. The number of nitrogens with one attached hydrogen (secondary N) is 1. The van der Waals surface area contributed by atoms with Gasteiger partial charge in [0.25, 0.3) is 0 Å². The molecule has 0 heterocycles. The highest BCUT2D eigenvalue weighted by Gasteiger charge is 2.23. The standard InChI is InChI=1S/C9H14N2O2/c10-6-5-9(13)11-7-3-1-2-4-8(7)12/h7-8,12H,1-5H2,(H,11,13). The number of nitrogens with zero attached hydrogens (tertiary/aromatic N) is 1. The third-order valence-electron chi connectivity index (χ3n) is 2.32. The van der Waals surface area contributed by atoms with Gasteiger partial charge in [-0.05, 0) is 12.8 Å². The van der Waals surface area contributed by atoms with E-state index in [9.17, 15) is 9.90 Å². The Bertz CT molecular complexity index is 222. The van der Waals surface area contributed by atoms with Gasteiger partial charge in [0.05, 0.1) is 18.2 Å². The summed E-state index contributed by atoms with van der Waals surface area (Å²) in [6.07, 6.45) is 3.07. The lowest BCUT2D eigenvalue weighted by Crippen LogP contribution is -2.44. The van der Waals surface area contributed by atoms with Gasteiger partial charge in [0, 0.05) is 0 Å². The second-order valence-electron chi connectivity index (χ2n) is 3.36. The molecule has 0 aliphatic heterocycles. The second kappa shape index (κ2) is 4.83. The Morgan fingerprint density at radius 2 is 2.23 bits per heavy atom. The summed E-state index contributed by atoms with van der Waals surface area (Å²) < 4.78 is 0. The molecule has 0 bridgehead atoms. The Kier molecular flexibility index (Phi) is 3.71. The number of carbonyl (C=O) groups is 1. The van der Waals surface area contributed by atoms with E-state index in [1.54, 1.807) is 6.07 Å². The van der Waals surface area contributed by atoms with Gasteiger partial charge in [-0.15, -0.1) is 0 Å². The van der Waals surface area contributed by atoms with Crippen molar-refractivity contribution in [3.8, 4) is 6.07 Å². The van der Waals surface area contributed by atoms with Gasteiger partial charge in [0.15, 0.2) is 0 Å². The molecule has 1 saturated carbocycles. The Morgan fingerprint density at radius 1 is 1.54 bits per heavy atom. The van der Waals surface area contributed by atoms with Crippen LogP contribution >= 0.6 is 0 Å². The summed E-state index contributed by atoms with van der Waals surface area (Å²) in [5.41, 5.74) is 0. The normalized spacial score (nSPS) is 27.7. The molecule has 0 aromatic heterocycles. The monoisotopic (exact) mass is 182 g/mol. The van der Waals surface area contributed by atoms with Gasteiger partial charge in [0.1, 0.15) is 6.42 Å². The molecule has 2 N–H and O–H groups in total. The maximum atomic E-state index is 11.0. The maximum Gasteiger partial charge on any atom is 0.234 e. The van der Waals surface area contributed by atoms with Crippen molar-refractivity contribution in [1.82, 2.24) is 5.32 Å². The highest BCUT2D eigenvalue weighted by Crippen LogP contribution is 2.18. The van der Waals surface area contributed by atoms with E-state index < -0.39 is 6.10 Å². The van der Waals surface area contributed by atoms with Crippen LogP contribution in [-0.2, 0) is 4.79 Å². The van der Waals surface area contributed by atoms with Crippen LogP contribution in [0.5, 0.6) is 0 Å². The Hall–Kier alpha value is -1.08. The van der Waals surface area contributed by atoms with E-state index in [2.05, 4.69) is 5.32 Å². The minimum absolute atomic E-state index is 0.122. The van der Waals surface area contributed by atoms with E-state index in [1.807, 2.05) is 0 Å². The molecule has 2 unspecified atom stereocenters. The first-order chi connectivity index (χ1) is 6.24. The van der Waals surface area contributed by atoms with Crippen LogP contribution in [0.2, 0.25) is 0 Å². The largest absolute Gasteiger partial charge is 0.391 e. The molecule has 1 amide bonds. The minimum atomic E-state index is -0.434. The number of amides is 1. The van der Waals surface area contributed by atoms with Crippen molar-refractivity contribution in [3.63, 3.8) is 0 Å². The fourth-order valence-electron chi connectivity index (χ4n) is 1.61. The van der Waals surface area contributed by atoms with Gasteiger partial charge >= 0.3 is 0 Å². The number of aliphatic hydroxyl groups is 1. The molecule has 0 aromatic rings. The van der Waals surface area contributed by atoms with E-state index in [4.69, 9.17) is 5.26 Å². The predicted octanol–water partition coefficient (Wildman–Crippen LogP) is 0.320. The molecule has 2 atom stereocenters. The van der Waals surface area contributed by atoms with Crippen molar-refractivity contribution >= 4 is 5.91 Å². The van der Waals surface area contributed by atoms with Gasteiger partial charge in [-0.2, -0.15) is 5.26 Å². The molecule has 13 heavy (non-hydrogen) atoms. The number of hydrogen-bond acceptors (Lipinski definition) is 3. The summed E-state index contributed by atoms with van der Waals surface area (Å²) in [4.78, 5) is 11.0. The molecule has 0 saturated heterocycles. The highest BCUT2D eigenvalue weighted by molar-refractivity contribution is 5.78. The molecular weight excluding hydrogens is 168 g/mol. The van der Waals surface area contributed by atoms with Crippen molar-refractivity contribution in [1.29, 1.82) is 5.26 Å². The summed E-state index contributed by atoms with van der Waals surface area (Å²) in [5, 5.41) is 20.4. The molecule has 1 aliphatic carbocycles. The van der Waals surface area contributed by atoms with E-state index in [-0.39, 0.29) is 18.4 Å². The lowest BCUT2D eigenvalue weighted by Gasteiger charge is -2.27. The molecule has 4 heteroatoms. The fourth-order valence-corrected chi connectivity index (χ4v) is 1.61. The molecule has 1 rings (SSSR count). The van der Waals surface area contributed by atoms with E-state index in [0.29, 0.717) is 0 Å². The first kappa shape index (κ1) is 10.0. The Morgan fingerprint density at radius 3 is 2.85 bits per heavy atom. The number of aliphatic hydroxyl groups excluding tert-OH is 1. The van der Waals surface area contributed by atoms with Crippen molar-refractivity contribution in [2.75, 3.05) is 0 Å². The number of rotatable bonds is 2. The molecule has 0 radical (unpaired) electrons. The molecule has 72 valence electrons. The Balaban J connectivity index is 2.34. The van der Waals surface area contributed by atoms with Crippen LogP contribution in [0, 0.1) is 11.3 Å². The number of carbonyl (C=O) groups excluding carboxylic acids is 1. The lowest BCUT2D eigenvalue weighted by molar-refractivity contribution is -0.122. The molecule has 4 nitrogen and oxygen atoms in total. The van der Waals surface area contributed by atoms with Gasteiger partial charge < -0.3 is 10.4 Å². The van der Waals surface area contributed by atoms with Gasteiger partial charge in [-0.1, -0.05) is 12.8 Å². The maximum absolute atomic E-state index is 11.0. The third kappa shape index (κ3) is 3.03. The first-order valence-corrected chi connectivity index (χ1v) is 4.58. The zero-order valence-electron chi connectivity index (χ0n) is 7.49. The van der Waals surface area contributed by atoms with Gasteiger partial charge in [-0.3, -0.25) is 4.79 Å². The summed E-state index contributed by atoms with van der Waals surface area (Å²) in [7, 11) is 0. The third-order valence-corrected chi connectivity index (χ3v) is 2.32.